The molecule has 3 unspecified atom stereocenters. The van der Waals surface area contributed by atoms with E-state index in [0.29, 0.717) is 22.1 Å². The maximum atomic E-state index is 11.6. The van der Waals surface area contributed by atoms with Crippen LogP contribution in [-0.2, 0) is 0 Å². The van der Waals surface area contributed by atoms with Gasteiger partial charge in [0.1, 0.15) is 38.0 Å². The van der Waals surface area contributed by atoms with Crippen LogP contribution in [0.1, 0.15) is 94.2 Å². The Kier molecular flexibility index (Phi) is 8.88. The van der Waals surface area contributed by atoms with Gasteiger partial charge in [0.2, 0.25) is 0 Å². The Morgan fingerprint density at radius 3 is 1.50 bits per heavy atom. The Morgan fingerprint density at radius 1 is 0.439 bits per heavy atom. The number of rotatable bonds is 2. The molecular weight excluding hydrogens is 998 g/mol. The summed E-state index contributed by atoms with van der Waals surface area (Å²) in [4.78, 5) is 0. The van der Waals surface area contributed by atoms with Crippen LogP contribution in [0.25, 0.3) is 126 Å². The fourth-order valence-corrected chi connectivity index (χ4v) is 15.9. The summed E-state index contributed by atoms with van der Waals surface area (Å²) in [6, 6.07) is 61.0. The SMILES string of the molecule is [B]c1c(C#N)c2c(c3c4c5c(cc6c7c8c9cc%10oc%11ccccc%11c%10c%10c%11c%12c(c(C#N)c([B])c%11n(c8ccc7n(c13)c64)c9%10)C(C)c1ccccc1C%12c1ccccc1)oc1ccccc15)C(c1ccccc1)/C(C)=C/C=C\C=C\2C. The van der Waals surface area contributed by atoms with Gasteiger partial charge in [-0.15, -0.1) is 0 Å². The highest BCUT2D eigenvalue weighted by molar-refractivity contribution is 6.49. The van der Waals surface area contributed by atoms with E-state index in [1.807, 2.05) is 18.2 Å². The van der Waals surface area contributed by atoms with Crippen molar-refractivity contribution >= 4 is 152 Å². The van der Waals surface area contributed by atoms with E-state index < -0.39 is 0 Å². The number of fused-ring (bicyclic) bond motifs is 26. The Labute approximate surface area is 471 Å². The first-order valence-corrected chi connectivity index (χ1v) is 28.0. The third-order valence-electron chi connectivity index (χ3n) is 18.9. The summed E-state index contributed by atoms with van der Waals surface area (Å²) in [6.45, 7) is 6.52. The molecule has 0 saturated heterocycles. The highest BCUT2D eigenvalue weighted by Crippen LogP contribution is 2.57. The number of nitriles is 2. The number of para-hydroxylation sites is 2. The minimum atomic E-state index is -0.247. The van der Waals surface area contributed by atoms with Gasteiger partial charge in [-0.2, -0.15) is 10.5 Å². The molecule has 16 aromatic rings. The molecule has 82 heavy (non-hydrogen) atoms. The van der Waals surface area contributed by atoms with Gasteiger partial charge in [-0.25, -0.2) is 0 Å². The van der Waals surface area contributed by atoms with E-state index in [-0.39, 0.29) is 17.8 Å². The van der Waals surface area contributed by atoms with E-state index in [0.717, 1.165) is 165 Å². The van der Waals surface area contributed by atoms with Gasteiger partial charge < -0.3 is 17.6 Å². The van der Waals surface area contributed by atoms with Gasteiger partial charge >= 0.3 is 0 Å². The first kappa shape index (κ1) is 45.6. The van der Waals surface area contributed by atoms with Gasteiger partial charge in [0.05, 0.1) is 45.3 Å². The lowest BCUT2D eigenvalue weighted by molar-refractivity contribution is 0.669. The number of allylic oxidation sites excluding steroid dienone is 6. The van der Waals surface area contributed by atoms with Crippen molar-refractivity contribution in [3.8, 4) is 12.1 Å². The molecule has 6 nitrogen and oxygen atoms in total. The van der Waals surface area contributed by atoms with Gasteiger partial charge in [0, 0.05) is 93.4 Å². The number of hydrogen-bond donors (Lipinski definition) is 0. The zero-order valence-electron chi connectivity index (χ0n) is 44.8. The molecule has 10 aromatic carbocycles. The Morgan fingerprint density at radius 2 is 0.927 bits per heavy atom. The standard InChI is InChI=1S/C74H42B2N4O2/c1-36-18-10-11-19-37(2)56-47(34-77)69(75)73-67(63(56)55(36)39-20-6-4-7-21-39)65-61-43-26-14-16-28-51(43)81-53(61)32-45-59-49(79(73)71(45)65)30-31-50-60(59)46-33-54-62(44-27-15-17-29-52(44)82-54)66-68-64-57(48(35-78)70(76)74(68)80(50)72(46)66)38(3)41-24-12-13-25-42(41)58(64)40-22-8-5-9-23-40/h4-33,38,55,58H,1-3H3/b11-10-,36-18+,37-19+. The third kappa shape index (κ3) is 5.41. The summed E-state index contributed by atoms with van der Waals surface area (Å²) >= 11 is 0. The maximum absolute atomic E-state index is 11.6. The van der Waals surface area contributed by atoms with Crippen LogP contribution in [0, 0.1) is 22.7 Å². The summed E-state index contributed by atoms with van der Waals surface area (Å²) in [7, 11) is 15.4. The van der Waals surface area contributed by atoms with Gasteiger partial charge in [-0.05, 0) is 100 Å². The van der Waals surface area contributed by atoms with Crippen molar-refractivity contribution in [1.82, 2.24) is 8.80 Å². The second kappa shape index (κ2) is 16.0. The number of hydrogen-bond acceptors (Lipinski definition) is 4. The molecule has 6 aromatic heterocycles. The van der Waals surface area contributed by atoms with Crippen LogP contribution in [0.2, 0.25) is 0 Å². The topological polar surface area (TPSA) is 82.7 Å². The van der Waals surface area contributed by atoms with Crippen LogP contribution in [0.5, 0.6) is 0 Å². The number of benzene rings is 10. The Bertz CT molecular complexity index is 5800. The van der Waals surface area contributed by atoms with Crippen LogP contribution in [0.3, 0.4) is 0 Å². The maximum Gasteiger partial charge on any atom is 0.136 e. The van der Waals surface area contributed by atoms with Crippen molar-refractivity contribution < 1.29 is 8.83 Å². The summed E-state index contributed by atoms with van der Waals surface area (Å²) in [5, 5.41) is 35.3. The molecule has 0 saturated carbocycles. The molecule has 3 atom stereocenters. The van der Waals surface area contributed by atoms with Gasteiger partial charge in [-0.1, -0.05) is 169 Å². The van der Waals surface area contributed by atoms with Crippen molar-refractivity contribution in [2.24, 2.45) is 0 Å². The molecule has 0 amide bonds. The van der Waals surface area contributed by atoms with Crippen molar-refractivity contribution in [1.29, 1.82) is 10.5 Å². The van der Waals surface area contributed by atoms with Gasteiger partial charge in [-0.3, -0.25) is 0 Å². The van der Waals surface area contributed by atoms with Gasteiger partial charge in [0.15, 0.2) is 0 Å². The lowest BCUT2D eigenvalue weighted by Gasteiger charge is -2.35. The van der Waals surface area contributed by atoms with E-state index in [1.54, 1.807) is 0 Å². The Hall–Kier alpha value is -10.3. The molecule has 0 fully saturated rings. The number of nitrogens with zero attached hydrogens (tertiary/aromatic N) is 4. The quantitative estimate of drug-likeness (QED) is 0.162. The highest BCUT2D eigenvalue weighted by Gasteiger charge is 2.40. The average Bonchev–Trinajstić information content (AvgIpc) is 3.73. The summed E-state index contributed by atoms with van der Waals surface area (Å²) in [5.74, 6) is -0.579. The van der Waals surface area contributed by atoms with Crippen LogP contribution in [0.15, 0.2) is 196 Å². The monoisotopic (exact) mass is 1040 g/mol. The summed E-state index contributed by atoms with van der Waals surface area (Å²) < 4.78 is 18.8. The average molecular weight is 1040 g/mol. The smallest absolute Gasteiger partial charge is 0.136 e. The van der Waals surface area contributed by atoms with Crippen molar-refractivity contribution in [2.75, 3.05) is 0 Å². The Balaban J connectivity index is 1.10. The third-order valence-corrected chi connectivity index (χ3v) is 18.9. The lowest BCUT2D eigenvalue weighted by atomic mass is 9.66. The molecular formula is C74H42B2N4O2. The molecule has 4 radical (unpaired) electrons. The normalized spacial score (nSPS) is 18.2. The van der Waals surface area contributed by atoms with E-state index in [4.69, 9.17) is 24.5 Å². The zero-order valence-corrected chi connectivity index (χ0v) is 44.8. The van der Waals surface area contributed by atoms with E-state index in [2.05, 4.69) is 206 Å². The molecule has 8 heteroatoms. The van der Waals surface area contributed by atoms with Crippen LogP contribution >= 0.6 is 0 Å². The predicted octanol–water partition coefficient (Wildman–Crippen LogP) is 16.8. The van der Waals surface area contributed by atoms with Crippen LogP contribution in [0.4, 0.5) is 0 Å². The van der Waals surface area contributed by atoms with Crippen LogP contribution in [-0.4, -0.2) is 24.5 Å². The van der Waals surface area contributed by atoms with E-state index in [9.17, 15) is 10.5 Å². The molecule has 376 valence electrons. The van der Waals surface area contributed by atoms with E-state index in [1.165, 1.54) is 11.1 Å². The fraction of sp³-hybridized carbons (Fsp3) is 0.0811. The second-order valence-corrected chi connectivity index (χ2v) is 22.8. The minimum Gasteiger partial charge on any atom is -0.456 e. The second-order valence-electron chi connectivity index (χ2n) is 22.8. The van der Waals surface area contributed by atoms with Crippen LogP contribution < -0.4 is 10.9 Å². The molecule has 0 spiro atoms. The minimum absolute atomic E-state index is 0.123. The van der Waals surface area contributed by atoms with Crippen molar-refractivity contribution in [2.45, 2.75) is 38.5 Å². The zero-order chi connectivity index (χ0) is 54.7. The largest absolute Gasteiger partial charge is 0.456 e. The predicted molar refractivity (Wildman–Crippen MR) is 337 cm³/mol. The van der Waals surface area contributed by atoms with E-state index >= 15 is 0 Å². The number of aromatic nitrogens is 2. The van der Waals surface area contributed by atoms with Crippen molar-refractivity contribution in [3.63, 3.8) is 0 Å². The molecule has 2 aliphatic carbocycles. The highest BCUT2D eigenvalue weighted by atomic mass is 16.3. The first-order valence-electron chi connectivity index (χ1n) is 28.0. The fourth-order valence-electron chi connectivity index (χ4n) is 15.9. The number of furan rings is 2. The molecule has 0 bridgehead atoms. The van der Waals surface area contributed by atoms with Gasteiger partial charge in [0.25, 0.3) is 0 Å². The lowest BCUT2D eigenvalue weighted by Crippen LogP contribution is -2.24. The molecule has 2 aliphatic rings. The summed E-state index contributed by atoms with van der Waals surface area (Å²) in [5.41, 5.74) is 21.1. The van der Waals surface area contributed by atoms with Crippen molar-refractivity contribution in [3.05, 3.63) is 243 Å². The molecule has 0 N–H and O–H groups in total. The summed E-state index contributed by atoms with van der Waals surface area (Å²) in [6.07, 6.45) is 8.46. The molecule has 0 aliphatic heterocycles. The molecule has 6 heterocycles. The molecule has 18 rings (SSSR count). The first-order chi connectivity index (χ1) is 40.3.